The molecule has 104 valence electrons. The molecule has 0 N–H and O–H groups in total. The number of thiol groups is 1. The number of piperidine rings is 1. The largest absolute Gasteiger partial charge is 0.299 e. The summed E-state index contributed by atoms with van der Waals surface area (Å²) in [6.45, 7) is 2.53. The third-order valence-electron chi connectivity index (χ3n) is 4.96. The van der Waals surface area contributed by atoms with E-state index in [9.17, 15) is 0 Å². The fourth-order valence-electron chi connectivity index (χ4n) is 3.81. The molecule has 0 bridgehead atoms. The second kappa shape index (κ2) is 6.32. The van der Waals surface area contributed by atoms with Crippen molar-refractivity contribution in [3.8, 4) is 0 Å². The highest BCUT2D eigenvalue weighted by Gasteiger charge is 2.30. The minimum absolute atomic E-state index is 0.613. The molecule has 1 saturated carbocycles. The van der Waals surface area contributed by atoms with Gasteiger partial charge in [0, 0.05) is 11.3 Å². The molecule has 0 spiro atoms. The molecule has 1 nitrogen and oxygen atoms in total. The predicted molar refractivity (Wildman–Crippen MR) is 85.0 cm³/mol. The van der Waals surface area contributed by atoms with Crippen LogP contribution in [0.1, 0.15) is 50.0 Å². The third kappa shape index (κ3) is 3.17. The lowest BCUT2D eigenvalue weighted by atomic mass is 9.86. The summed E-state index contributed by atoms with van der Waals surface area (Å²) in [5.41, 5.74) is 1.54. The highest BCUT2D eigenvalue weighted by Crippen LogP contribution is 2.33. The van der Waals surface area contributed by atoms with E-state index in [1.807, 2.05) is 0 Å². The molecule has 2 heteroatoms. The molecule has 0 radical (unpaired) electrons. The van der Waals surface area contributed by atoms with E-state index in [1.54, 1.807) is 0 Å². The van der Waals surface area contributed by atoms with Gasteiger partial charge in [-0.1, -0.05) is 43.2 Å². The van der Waals surface area contributed by atoms with Crippen LogP contribution in [0, 0.1) is 0 Å². The molecular weight excluding hydrogens is 250 g/mol. The van der Waals surface area contributed by atoms with Gasteiger partial charge in [-0.3, -0.25) is 4.90 Å². The van der Waals surface area contributed by atoms with Crippen LogP contribution in [0.5, 0.6) is 0 Å². The summed E-state index contributed by atoms with van der Waals surface area (Å²) in [6, 6.07) is 11.8. The van der Waals surface area contributed by atoms with Crippen LogP contribution >= 0.6 is 12.6 Å². The zero-order valence-electron chi connectivity index (χ0n) is 11.7. The average molecular weight is 275 g/mol. The summed E-state index contributed by atoms with van der Waals surface area (Å²) in [5, 5.41) is 0.613. The lowest BCUT2D eigenvalue weighted by Crippen LogP contribution is -2.46. The van der Waals surface area contributed by atoms with Crippen molar-refractivity contribution < 1.29 is 0 Å². The van der Waals surface area contributed by atoms with Crippen LogP contribution in [0.15, 0.2) is 30.3 Å². The van der Waals surface area contributed by atoms with Gasteiger partial charge in [0.15, 0.2) is 0 Å². The van der Waals surface area contributed by atoms with Crippen LogP contribution in [-0.4, -0.2) is 29.3 Å². The van der Waals surface area contributed by atoms with Gasteiger partial charge in [0.25, 0.3) is 0 Å². The maximum absolute atomic E-state index is 4.82. The molecule has 1 aromatic rings. The van der Waals surface area contributed by atoms with Crippen LogP contribution in [0.4, 0.5) is 0 Å². The Hall–Kier alpha value is -0.470. The monoisotopic (exact) mass is 275 g/mol. The van der Waals surface area contributed by atoms with Gasteiger partial charge in [0.2, 0.25) is 0 Å². The summed E-state index contributed by atoms with van der Waals surface area (Å²) >= 11 is 4.82. The van der Waals surface area contributed by atoms with Crippen molar-refractivity contribution in [2.75, 3.05) is 13.1 Å². The Morgan fingerprint density at radius 2 is 1.58 bits per heavy atom. The first-order valence-electron chi connectivity index (χ1n) is 7.81. The molecule has 2 atom stereocenters. The van der Waals surface area contributed by atoms with Crippen molar-refractivity contribution in [1.82, 2.24) is 4.90 Å². The van der Waals surface area contributed by atoms with E-state index >= 15 is 0 Å². The van der Waals surface area contributed by atoms with Gasteiger partial charge in [-0.25, -0.2) is 0 Å². The molecule has 2 fully saturated rings. The smallest absolute Gasteiger partial charge is 0.0212 e. The van der Waals surface area contributed by atoms with Crippen LogP contribution in [0.3, 0.4) is 0 Å². The van der Waals surface area contributed by atoms with E-state index in [-0.39, 0.29) is 0 Å². The Balaban J connectivity index is 1.57. The van der Waals surface area contributed by atoms with Crippen molar-refractivity contribution in [2.24, 2.45) is 0 Å². The van der Waals surface area contributed by atoms with E-state index in [0.29, 0.717) is 5.25 Å². The highest BCUT2D eigenvalue weighted by atomic mass is 32.1. The quantitative estimate of drug-likeness (QED) is 0.795. The van der Waals surface area contributed by atoms with Gasteiger partial charge in [0.05, 0.1) is 0 Å². The van der Waals surface area contributed by atoms with Crippen molar-refractivity contribution in [1.29, 1.82) is 0 Å². The van der Waals surface area contributed by atoms with Gasteiger partial charge < -0.3 is 0 Å². The second-order valence-corrected chi connectivity index (χ2v) is 6.80. The lowest BCUT2D eigenvalue weighted by molar-refractivity contribution is 0.127. The SMILES string of the molecule is S[C@@H]1CCCC[C@H]1N1CCC(c2ccccc2)CC1. The maximum atomic E-state index is 4.82. The van der Waals surface area contributed by atoms with Gasteiger partial charge in [-0.15, -0.1) is 0 Å². The zero-order valence-corrected chi connectivity index (χ0v) is 12.6. The first kappa shape index (κ1) is 13.5. The van der Waals surface area contributed by atoms with Gasteiger partial charge in [0.1, 0.15) is 0 Å². The summed E-state index contributed by atoms with van der Waals surface area (Å²) in [7, 11) is 0. The first-order chi connectivity index (χ1) is 9.34. The summed E-state index contributed by atoms with van der Waals surface area (Å²) < 4.78 is 0. The van der Waals surface area contributed by atoms with Crippen LogP contribution in [0.2, 0.25) is 0 Å². The van der Waals surface area contributed by atoms with E-state index in [2.05, 4.69) is 35.2 Å². The first-order valence-corrected chi connectivity index (χ1v) is 8.33. The Labute approximate surface area is 122 Å². The lowest BCUT2D eigenvalue weighted by Gasteiger charge is -2.42. The Kier molecular flexibility index (Phi) is 4.49. The average Bonchev–Trinajstić information content (AvgIpc) is 2.49. The third-order valence-corrected chi connectivity index (χ3v) is 5.57. The maximum Gasteiger partial charge on any atom is 0.0212 e. The highest BCUT2D eigenvalue weighted by molar-refractivity contribution is 7.81. The molecule has 1 heterocycles. The van der Waals surface area contributed by atoms with Crippen LogP contribution in [0.25, 0.3) is 0 Å². The standard InChI is InChI=1S/C17H25NS/c19-17-9-5-4-8-16(17)18-12-10-15(11-13-18)14-6-2-1-3-7-14/h1-3,6-7,15-17,19H,4-5,8-13H2/t16-,17-/m1/s1. The topological polar surface area (TPSA) is 3.24 Å². The number of nitrogens with zero attached hydrogens (tertiary/aromatic N) is 1. The van der Waals surface area contributed by atoms with Crippen molar-refractivity contribution in [3.05, 3.63) is 35.9 Å². The zero-order chi connectivity index (χ0) is 13.1. The molecule has 1 saturated heterocycles. The van der Waals surface area contributed by atoms with Gasteiger partial charge >= 0.3 is 0 Å². The number of hydrogen-bond acceptors (Lipinski definition) is 2. The van der Waals surface area contributed by atoms with Crippen molar-refractivity contribution in [2.45, 2.75) is 55.7 Å². The summed E-state index contributed by atoms with van der Waals surface area (Å²) in [4.78, 5) is 2.72. The number of rotatable bonds is 2. The molecule has 2 aliphatic rings. The van der Waals surface area contributed by atoms with Crippen LogP contribution in [-0.2, 0) is 0 Å². The predicted octanol–water partition coefficient (Wildman–Crippen LogP) is 4.11. The molecule has 1 aliphatic carbocycles. The fourth-order valence-corrected chi connectivity index (χ4v) is 4.33. The summed E-state index contributed by atoms with van der Waals surface area (Å²) in [6.07, 6.45) is 8.10. The van der Waals surface area contributed by atoms with Crippen molar-refractivity contribution in [3.63, 3.8) is 0 Å². The molecule has 3 rings (SSSR count). The normalized spacial score (nSPS) is 30.4. The number of hydrogen-bond donors (Lipinski definition) is 1. The van der Waals surface area contributed by atoms with E-state index in [4.69, 9.17) is 12.6 Å². The summed E-state index contributed by atoms with van der Waals surface area (Å²) in [5.74, 6) is 0.777. The van der Waals surface area contributed by atoms with E-state index in [0.717, 1.165) is 12.0 Å². The molecule has 1 aromatic carbocycles. The van der Waals surface area contributed by atoms with E-state index in [1.165, 1.54) is 57.2 Å². The number of benzene rings is 1. The molecule has 1 aliphatic heterocycles. The molecule has 0 aromatic heterocycles. The molecule has 0 unspecified atom stereocenters. The minimum Gasteiger partial charge on any atom is -0.299 e. The molecule has 19 heavy (non-hydrogen) atoms. The van der Waals surface area contributed by atoms with E-state index < -0.39 is 0 Å². The second-order valence-electron chi connectivity index (χ2n) is 6.14. The Morgan fingerprint density at radius 3 is 2.26 bits per heavy atom. The van der Waals surface area contributed by atoms with Crippen LogP contribution < -0.4 is 0 Å². The molecule has 0 amide bonds. The number of likely N-dealkylation sites (tertiary alicyclic amines) is 1. The van der Waals surface area contributed by atoms with Gasteiger partial charge in [-0.2, -0.15) is 12.6 Å². The van der Waals surface area contributed by atoms with Crippen molar-refractivity contribution >= 4 is 12.6 Å². The Morgan fingerprint density at radius 1 is 0.895 bits per heavy atom. The van der Waals surface area contributed by atoms with Gasteiger partial charge in [-0.05, 0) is 50.3 Å². The fraction of sp³-hybridized carbons (Fsp3) is 0.647. The minimum atomic E-state index is 0.613. The molecular formula is C17H25NS. The Bertz CT molecular complexity index is 384.